The molecule has 9 heteroatoms. The van der Waals surface area contributed by atoms with Crippen molar-refractivity contribution in [3.8, 4) is 5.75 Å². The summed E-state index contributed by atoms with van der Waals surface area (Å²) in [5.41, 5.74) is 3.68. The molecule has 0 atom stereocenters. The van der Waals surface area contributed by atoms with E-state index in [4.69, 9.17) is 16.3 Å². The molecule has 33 heavy (non-hydrogen) atoms. The minimum Gasteiger partial charge on any atom is -0.482 e. The predicted molar refractivity (Wildman–Crippen MR) is 132 cm³/mol. The molecular weight excluding hydrogens is 528 g/mol. The zero-order chi connectivity index (χ0) is 23.2. The maximum atomic E-state index is 13.2. The fourth-order valence-electron chi connectivity index (χ4n) is 4.29. The summed E-state index contributed by atoms with van der Waals surface area (Å²) in [7, 11) is -3.76. The zero-order valence-corrected chi connectivity index (χ0v) is 20.7. The number of anilines is 2. The number of sulfonamides is 1. The Hall–Kier alpha value is -2.55. The van der Waals surface area contributed by atoms with Crippen molar-refractivity contribution in [1.82, 2.24) is 0 Å². The largest absolute Gasteiger partial charge is 0.482 e. The Balaban J connectivity index is 1.30. The minimum absolute atomic E-state index is 0.0851. The molecule has 1 amide bonds. The Morgan fingerprint density at radius 1 is 0.970 bits per heavy atom. The number of hydrogen-bond donors (Lipinski definition) is 0. The number of carbonyl (C=O) groups is 1. The molecule has 0 spiro atoms. The molecule has 170 valence electrons. The average molecular weight is 548 g/mol. The third-order valence-corrected chi connectivity index (χ3v) is 8.52. The highest BCUT2D eigenvalue weighted by Crippen LogP contribution is 2.35. The third-order valence-electron chi connectivity index (χ3n) is 5.93. The Labute approximate surface area is 205 Å². The molecule has 0 saturated carbocycles. The van der Waals surface area contributed by atoms with Gasteiger partial charge in [-0.05, 0) is 66.4 Å². The molecule has 0 radical (unpaired) electrons. The number of rotatable bonds is 5. The normalized spacial score (nSPS) is 14.8. The summed E-state index contributed by atoms with van der Waals surface area (Å²) in [5, 5.41) is 0.141. The van der Waals surface area contributed by atoms with Crippen LogP contribution in [0.4, 0.5) is 11.4 Å². The van der Waals surface area contributed by atoms with Gasteiger partial charge in [-0.3, -0.25) is 9.10 Å². The van der Waals surface area contributed by atoms with Crippen LogP contribution in [-0.4, -0.2) is 34.0 Å². The molecule has 0 saturated heterocycles. The molecule has 2 aliphatic heterocycles. The number of nitrogens with zero attached hydrogens (tertiary/aromatic N) is 2. The van der Waals surface area contributed by atoms with Gasteiger partial charge in [0, 0.05) is 23.2 Å². The van der Waals surface area contributed by atoms with Gasteiger partial charge in [0.1, 0.15) is 5.75 Å². The van der Waals surface area contributed by atoms with Crippen LogP contribution in [0.25, 0.3) is 0 Å². The van der Waals surface area contributed by atoms with E-state index in [2.05, 4.69) is 15.9 Å². The molecule has 0 N–H and O–H groups in total. The molecule has 0 aromatic heterocycles. The second kappa shape index (κ2) is 8.66. The Morgan fingerprint density at radius 3 is 2.58 bits per heavy atom. The second-order valence-electron chi connectivity index (χ2n) is 7.91. The second-order valence-corrected chi connectivity index (χ2v) is 11.1. The Morgan fingerprint density at radius 2 is 1.76 bits per heavy atom. The van der Waals surface area contributed by atoms with E-state index in [-0.39, 0.29) is 28.2 Å². The van der Waals surface area contributed by atoms with Gasteiger partial charge in [-0.15, -0.1) is 0 Å². The molecule has 2 aliphatic rings. The minimum atomic E-state index is -3.76. The van der Waals surface area contributed by atoms with E-state index in [1.165, 1.54) is 22.5 Å². The average Bonchev–Trinajstić information content (AvgIpc) is 3.42. The molecule has 0 fully saturated rings. The SMILES string of the molecule is O=C(COc1ccc(S(=O)(=O)N2CCc3ccccc32)cc1Cl)N1CCc2cc(Br)ccc21. The van der Waals surface area contributed by atoms with E-state index < -0.39 is 10.0 Å². The lowest BCUT2D eigenvalue weighted by atomic mass is 10.2. The molecular formula is C24H20BrClN2O4S. The van der Waals surface area contributed by atoms with Crippen molar-refractivity contribution in [2.75, 3.05) is 28.9 Å². The summed E-state index contributed by atoms with van der Waals surface area (Å²) >= 11 is 9.80. The lowest BCUT2D eigenvalue weighted by molar-refractivity contribution is -0.120. The molecule has 0 unspecified atom stereocenters. The van der Waals surface area contributed by atoms with Crippen molar-refractivity contribution >= 4 is 54.8 Å². The molecule has 5 rings (SSSR count). The molecule has 3 aromatic rings. The van der Waals surface area contributed by atoms with Crippen LogP contribution >= 0.6 is 27.5 Å². The van der Waals surface area contributed by atoms with Gasteiger partial charge in [-0.2, -0.15) is 0 Å². The van der Waals surface area contributed by atoms with Crippen LogP contribution in [-0.2, 0) is 27.7 Å². The number of para-hydroxylation sites is 1. The van der Waals surface area contributed by atoms with Gasteiger partial charge >= 0.3 is 0 Å². The third kappa shape index (κ3) is 4.11. The maximum Gasteiger partial charge on any atom is 0.264 e. The van der Waals surface area contributed by atoms with E-state index in [9.17, 15) is 13.2 Å². The van der Waals surface area contributed by atoms with Gasteiger partial charge in [0.15, 0.2) is 6.61 Å². The van der Waals surface area contributed by atoms with E-state index in [1.54, 1.807) is 11.0 Å². The van der Waals surface area contributed by atoms with E-state index >= 15 is 0 Å². The van der Waals surface area contributed by atoms with Crippen LogP contribution in [0.15, 0.2) is 70.0 Å². The van der Waals surface area contributed by atoms with Crippen LogP contribution in [0.2, 0.25) is 5.02 Å². The quantitative estimate of drug-likeness (QED) is 0.459. The topological polar surface area (TPSA) is 66.9 Å². The number of benzene rings is 3. The van der Waals surface area contributed by atoms with Crippen LogP contribution in [0, 0.1) is 0 Å². The van der Waals surface area contributed by atoms with Gasteiger partial charge in [-0.1, -0.05) is 45.7 Å². The first kappa shape index (κ1) is 22.3. The molecule has 0 aliphatic carbocycles. The molecule has 0 bridgehead atoms. The monoisotopic (exact) mass is 546 g/mol. The number of halogens is 2. The Kier molecular flexibility index (Phi) is 5.84. The van der Waals surface area contributed by atoms with E-state index in [1.807, 2.05) is 36.4 Å². The highest BCUT2D eigenvalue weighted by Gasteiger charge is 2.31. The highest BCUT2D eigenvalue weighted by atomic mass is 79.9. The lowest BCUT2D eigenvalue weighted by Gasteiger charge is -2.20. The first-order valence-corrected chi connectivity index (χ1v) is 13.1. The molecule has 6 nitrogen and oxygen atoms in total. The zero-order valence-electron chi connectivity index (χ0n) is 17.5. The van der Waals surface area contributed by atoms with Gasteiger partial charge in [0.2, 0.25) is 0 Å². The van der Waals surface area contributed by atoms with Gasteiger partial charge in [-0.25, -0.2) is 8.42 Å². The number of hydrogen-bond acceptors (Lipinski definition) is 4. The van der Waals surface area contributed by atoms with Crippen molar-refractivity contribution in [1.29, 1.82) is 0 Å². The summed E-state index contributed by atoms with van der Waals surface area (Å²) in [6, 6.07) is 17.6. The number of fused-ring (bicyclic) bond motifs is 2. The highest BCUT2D eigenvalue weighted by molar-refractivity contribution is 9.10. The van der Waals surface area contributed by atoms with E-state index in [0.29, 0.717) is 25.2 Å². The lowest BCUT2D eigenvalue weighted by Crippen LogP contribution is -2.33. The smallest absolute Gasteiger partial charge is 0.264 e. The first-order chi connectivity index (χ1) is 15.8. The van der Waals surface area contributed by atoms with Gasteiger partial charge in [0.05, 0.1) is 15.6 Å². The van der Waals surface area contributed by atoms with Crippen molar-refractivity contribution in [3.05, 3.63) is 81.3 Å². The molecule has 3 aromatic carbocycles. The summed E-state index contributed by atoms with van der Waals surface area (Å²) in [6.07, 6.45) is 1.45. The fourth-order valence-corrected chi connectivity index (χ4v) is 6.53. The van der Waals surface area contributed by atoms with Crippen molar-refractivity contribution < 1.29 is 17.9 Å². The summed E-state index contributed by atoms with van der Waals surface area (Å²) in [4.78, 5) is 14.5. The molecule has 2 heterocycles. The maximum absolute atomic E-state index is 13.2. The van der Waals surface area contributed by atoms with E-state index in [0.717, 1.165) is 27.7 Å². The standard InChI is InChI=1S/C24H20BrClN2O4S/c25-18-5-7-21-17(13-18)9-11-27(21)24(29)15-32-23-8-6-19(14-20(23)26)33(30,31)28-12-10-16-3-1-2-4-22(16)28/h1-8,13-14H,9-12,15H2. The summed E-state index contributed by atoms with van der Waals surface area (Å²) < 4.78 is 34.4. The van der Waals surface area contributed by atoms with Crippen LogP contribution in [0.5, 0.6) is 5.75 Å². The van der Waals surface area contributed by atoms with Gasteiger partial charge < -0.3 is 9.64 Å². The Bertz CT molecular complexity index is 1360. The van der Waals surface area contributed by atoms with Crippen LogP contribution in [0.3, 0.4) is 0 Å². The number of carbonyl (C=O) groups excluding carboxylic acids is 1. The number of amides is 1. The van der Waals surface area contributed by atoms with Crippen molar-refractivity contribution in [3.63, 3.8) is 0 Å². The predicted octanol–water partition coefficient (Wildman–Crippen LogP) is 4.82. The van der Waals surface area contributed by atoms with Crippen molar-refractivity contribution in [2.45, 2.75) is 17.7 Å². The van der Waals surface area contributed by atoms with Gasteiger partial charge in [0.25, 0.3) is 15.9 Å². The van der Waals surface area contributed by atoms with Crippen molar-refractivity contribution in [2.24, 2.45) is 0 Å². The van der Waals surface area contributed by atoms with Crippen LogP contribution in [0.1, 0.15) is 11.1 Å². The first-order valence-electron chi connectivity index (χ1n) is 10.5. The fraction of sp³-hybridized carbons (Fsp3) is 0.208. The number of ether oxygens (including phenoxy) is 1. The van der Waals surface area contributed by atoms with Crippen LogP contribution < -0.4 is 13.9 Å². The summed E-state index contributed by atoms with van der Waals surface area (Å²) in [5.74, 6) is 0.0820. The summed E-state index contributed by atoms with van der Waals surface area (Å²) in [6.45, 7) is 0.789.